The second kappa shape index (κ2) is 47.1. The number of likely N-dealkylation sites (N-methyl/N-ethyl adjacent to an activating group) is 1. The zero-order valence-electron chi connectivity index (χ0n) is 43.3. The molecule has 0 saturated heterocycles. The summed E-state index contributed by atoms with van der Waals surface area (Å²) in [6.45, 7) is 4.72. The van der Waals surface area contributed by atoms with E-state index in [0.29, 0.717) is 23.9 Å². The van der Waals surface area contributed by atoms with Crippen LogP contribution in [0.2, 0.25) is 0 Å². The van der Waals surface area contributed by atoms with E-state index >= 15 is 0 Å². The molecule has 0 fully saturated rings. The lowest BCUT2D eigenvalue weighted by molar-refractivity contribution is -0.870. The summed E-state index contributed by atoms with van der Waals surface area (Å²) in [5.74, 6) is -0.170. The van der Waals surface area contributed by atoms with Crippen molar-refractivity contribution in [1.29, 1.82) is 0 Å². The predicted octanol–water partition coefficient (Wildman–Crippen LogP) is 15.8. The van der Waals surface area contributed by atoms with Crippen LogP contribution in [-0.4, -0.2) is 68.5 Å². The standard InChI is InChI=1S/C55H109N2O6P/c1-6-8-10-12-14-16-18-20-22-24-25-26-27-28-29-30-31-33-34-36-38-40-42-44-46-48-54(58)53(52-63-64(60,61)62-51-50-57(3,4)5)56-55(59)49-47-45-43-41-39-37-35-32-23-21-19-17-15-13-11-9-7-2/h15,17,21,23,53-54,58H,6-14,16,18-20,22,24-52H2,1-5H3,(H-,56,59,60,61)/b17-15-,23-21-. The average Bonchev–Trinajstić information content (AvgIpc) is 3.25. The molecule has 0 spiro atoms. The van der Waals surface area contributed by atoms with E-state index in [1.165, 1.54) is 193 Å². The Bertz CT molecular complexity index is 1090. The number of amides is 1. The Morgan fingerprint density at radius 2 is 0.906 bits per heavy atom. The maximum Gasteiger partial charge on any atom is 0.268 e. The van der Waals surface area contributed by atoms with Gasteiger partial charge in [-0.05, 0) is 44.9 Å². The van der Waals surface area contributed by atoms with Crippen LogP contribution in [0.4, 0.5) is 0 Å². The molecular weight excluding hydrogens is 816 g/mol. The van der Waals surface area contributed by atoms with Crippen LogP contribution < -0.4 is 10.2 Å². The van der Waals surface area contributed by atoms with Crippen LogP contribution in [0.5, 0.6) is 0 Å². The Hall–Kier alpha value is -1.02. The maximum atomic E-state index is 12.9. The highest BCUT2D eigenvalue weighted by atomic mass is 31.2. The van der Waals surface area contributed by atoms with E-state index in [0.717, 1.165) is 51.4 Å². The molecule has 0 bridgehead atoms. The molecule has 9 heteroatoms. The van der Waals surface area contributed by atoms with E-state index in [2.05, 4.69) is 43.5 Å². The van der Waals surface area contributed by atoms with Crippen molar-refractivity contribution in [2.24, 2.45) is 0 Å². The molecule has 0 rings (SSSR count). The third-order valence-electron chi connectivity index (χ3n) is 12.7. The molecule has 0 aromatic heterocycles. The summed E-state index contributed by atoms with van der Waals surface area (Å²) in [7, 11) is 1.31. The highest BCUT2D eigenvalue weighted by Crippen LogP contribution is 2.38. The minimum Gasteiger partial charge on any atom is -0.756 e. The van der Waals surface area contributed by atoms with Crippen LogP contribution in [0.3, 0.4) is 0 Å². The van der Waals surface area contributed by atoms with Crippen molar-refractivity contribution in [1.82, 2.24) is 5.32 Å². The molecule has 2 N–H and O–H groups in total. The molecule has 0 aromatic rings. The van der Waals surface area contributed by atoms with Crippen LogP contribution in [0.25, 0.3) is 0 Å². The SMILES string of the molecule is CCCCC/C=C\C/C=C\CCCCCCCCCC(=O)NC(COP(=O)([O-])OCC[N+](C)(C)C)C(O)CCCCCCCCCCCCCCCCCCCCCCCCCCC. The van der Waals surface area contributed by atoms with Gasteiger partial charge in [0.15, 0.2) is 0 Å². The summed E-state index contributed by atoms with van der Waals surface area (Å²) in [6, 6.07) is -0.804. The van der Waals surface area contributed by atoms with Crippen molar-refractivity contribution in [3.63, 3.8) is 0 Å². The third-order valence-corrected chi connectivity index (χ3v) is 13.7. The Balaban J connectivity index is 4.16. The number of unbranched alkanes of at least 4 members (excludes halogenated alkanes) is 34. The molecule has 0 aromatic carbocycles. The van der Waals surface area contributed by atoms with Gasteiger partial charge in [0, 0.05) is 6.42 Å². The first-order valence-corrected chi connectivity index (χ1v) is 29.1. The monoisotopic (exact) mass is 925 g/mol. The van der Waals surface area contributed by atoms with Gasteiger partial charge in [0.05, 0.1) is 39.9 Å². The number of quaternary nitrogens is 1. The molecular formula is C55H109N2O6P. The van der Waals surface area contributed by atoms with Crippen LogP contribution in [0.15, 0.2) is 24.3 Å². The number of phosphoric ester groups is 1. The van der Waals surface area contributed by atoms with Gasteiger partial charge in [0.1, 0.15) is 13.2 Å². The fourth-order valence-electron chi connectivity index (χ4n) is 8.31. The van der Waals surface area contributed by atoms with Crippen LogP contribution >= 0.6 is 7.82 Å². The number of allylic oxidation sites excluding steroid dienone is 4. The van der Waals surface area contributed by atoms with Gasteiger partial charge < -0.3 is 28.8 Å². The van der Waals surface area contributed by atoms with Crippen LogP contribution in [-0.2, 0) is 18.4 Å². The van der Waals surface area contributed by atoms with E-state index in [1.54, 1.807) is 0 Å². The highest BCUT2D eigenvalue weighted by Gasteiger charge is 2.24. The average molecular weight is 925 g/mol. The zero-order chi connectivity index (χ0) is 47.1. The Morgan fingerprint density at radius 1 is 0.547 bits per heavy atom. The van der Waals surface area contributed by atoms with Crippen molar-refractivity contribution >= 4 is 13.7 Å². The summed E-state index contributed by atoms with van der Waals surface area (Å²) in [5, 5.41) is 14.0. The Morgan fingerprint density at radius 3 is 1.33 bits per heavy atom. The maximum absolute atomic E-state index is 12.9. The predicted molar refractivity (Wildman–Crippen MR) is 275 cm³/mol. The van der Waals surface area contributed by atoms with E-state index in [9.17, 15) is 19.4 Å². The number of hydrogen-bond acceptors (Lipinski definition) is 6. The molecule has 0 aliphatic rings. The Kier molecular flexibility index (Phi) is 46.3. The smallest absolute Gasteiger partial charge is 0.268 e. The van der Waals surface area contributed by atoms with Gasteiger partial charge in [-0.25, -0.2) is 0 Å². The summed E-state index contributed by atoms with van der Waals surface area (Å²) in [4.78, 5) is 25.5. The number of aliphatic hydroxyl groups excluding tert-OH is 1. The topological polar surface area (TPSA) is 108 Å². The minimum atomic E-state index is -4.57. The molecule has 8 nitrogen and oxygen atoms in total. The summed E-state index contributed by atoms with van der Waals surface area (Å²) < 4.78 is 23.4. The normalized spacial score (nSPS) is 14.2. The van der Waals surface area contributed by atoms with Crippen LogP contribution in [0.1, 0.15) is 271 Å². The van der Waals surface area contributed by atoms with Crippen molar-refractivity contribution in [3.05, 3.63) is 24.3 Å². The minimum absolute atomic E-state index is 0.0115. The lowest BCUT2D eigenvalue weighted by Gasteiger charge is -2.30. The second-order valence-electron chi connectivity index (χ2n) is 20.3. The Labute approximate surface area is 398 Å². The fourth-order valence-corrected chi connectivity index (χ4v) is 9.03. The molecule has 0 heterocycles. The molecule has 380 valence electrons. The summed E-state index contributed by atoms with van der Waals surface area (Å²) in [6.07, 6.45) is 57.7. The van der Waals surface area contributed by atoms with Gasteiger partial charge in [-0.2, -0.15) is 0 Å². The molecule has 3 atom stereocenters. The molecule has 1 amide bonds. The van der Waals surface area contributed by atoms with Gasteiger partial charge in [0.25, 0.3) is 7.82 Å². The van der Waals surface area contributed by atoms with E-state index in [1.807, 2.05) is 21.1 Å². The number of carbonyl (C=O) groups excluding carboxylic acids is 1. The summed E-state index contributed by atoms with van der Waals surface area (Å²) >= 11 is 0. The van der Waals surface area contributed by atoms with Gasteiger partial charge in [-0.15, -0.1) is 0 Å². The number of phosphoric acid groups is 1. The molecule has 0 aliphatic heterocycles. The quantitative estimate of drug-likeness (QED) is 0.0272. The number of carbonyl (C=O) groups is 1. The molecule has 0 radical (unpaired) electrons. The molecule has 0 saturated carbocycles. The first kappa shape index (κ1) is 63.0. The van der Waals surface area contributed by atoms with Crippen molar-refractivity contribution in [2.75, 3.05) is 40.9 Å². The molecule has 0 aliphatic carbocycles. The van der Waals surface area contributed by atoms with E-state index in [-0.39, 0.29) is 19.1 Å². The highest BCUT2D eigenvalue weighted by molar-refractivity contribution is 7.45. The number of nitrogens with zero attached hydrogens (tertiary/aromatic N) is 1. The first-order chi connectivity index (χ1) is 31.0. The second-order valence-corrected chi connectivity index (χ2v) is 21.7. The largest absolute Gasteiger partial charge is 0.756 e. The van der Waals surface area contributed by atoms with Crippen molar-refractivity contribution in [3.8, 4) is 0 Å². The molecule has 3 unspecified atom stereocenters. The number of aliphatic hydroxyl groups is 1. The number of rotatable bonds is 51. The van der Waals surface area contributed by atoms with Crippen molar-refractivity contribution in [2.45, 2.75) is 283 Å². The fraction of sp³-hybridized carbons (Fsp3) is 0.909. The van der Waals surface area contributed by atoms with Gasteiger partial charge in [-0.1, -0.05) is 244 Å². The zero-order valence-corrected chi connectivity index (χ0v) is 44.1. The molecule has 64 heavy (non-hydrogen) atoms. The van der Waals surface area contributed by atoms with E-state index in [4.69, 9.17) is 9.05 Å². The van der Waals surface area contributed by atoms with E-state index < -0.39 is 20.0 Å². The lowest BCUT2D eigenvalue weighted by atomic mass is 10.0. The first-order valence-electron chi connectivity index (χ1n) is 27.7. The van der Waals surface area contributed by atoms with Gasteiger partial charge >= 0.3 is 0 Å². The van der Waals surface area contributed by atoms with Crippen molar-refractivity contribution < 1.29 is 32.9 Å². The van der Waals surface area contributed by atoms with Gasteiger partial charge in [-0.3, -0.25) is 9.36 Å². The van der Waals surface area contributed by atoms with Crippen LogP contribution in [0, 0.1) is 0 Å². The number of hydrogen-bond donors (Lipinski definition) is 2. The third kappa shape index (κ3) is 48.9. The summed E-state index contributed by atoms with van der Waals surface area (Å²) in [5.41, 5.74) is 0. The van der Waals surface area contributed by atoms with Gasteiger partial charge in [0.2, 0.25) is 5.91 Å². The lowest BCUT2D eigenvalue weighted by Crippen LogP contribution is -2.46. The number of nitrogens with one attached hydrogen (secondary N) is 1.